The molecular weight excluding hydrogens is 386 g/mol. The molecule has 0 fully saturated rings. The fourth-order valence-electron chi connectivity index (χ4n) is 2.80. The van der Waals surface area contributed by atoms with Crippen molar-refractivity contribution >= 4 is 35.0 Å². The minimum Gasteiger partial charge on any atom is -0.326 e. The van der Waals surface area contributed by atoms with Crippen molar-refractivity contribution in [2.45, 2.75) is 32.5 Å². The summed E-state index contributed by atoms with van der Waals surface area (Å²) in [4.78, 5) is 23.6. The van der Waals surface area contributed by atoms with E-state index in [9.17, 15) is 9.59 Å². The molecule has 8 heteroatoms. The van der Waals surface area contributed by atoms with Crippen molar-refractivity contribution in [1.82, 2.24) is 14.8 Å². The van der Waals surface area contributed by atoms with E-state index in [1.807, 2.05) is 66.9 Å². The zero-order chi connectivity index (χ0) is 20.8. The third-order valence-electron chi connectivity index (χ3n) is 4.14. The molecule has 0 aliphatic rings. The summed E-state index contributed by atoms with van der Waals surface area (Å²) in [7, 11) is 0. The van der Waals surface area contributed by atoms with Gasteiger partial charge in [-0.1, -0.05) is 41.6 Å². The number of hydrogen-bond acceptors (Lipinski definition) is 5. The fourth-order valence-corrected chi connectivity index (χ4v) is 3.60. The SMILES string of the molecule is CCn1c(SCC(=O)Nc2ccc(C)cc2)nnc1-c1cccc(NC(C)=O)c1. The highest BCUT2D eigenvalue weighted by Gasteiger charge is 2.15. The third-order valence-corrected chi connectivity index (χ3v) is 5.11. The molecule has 3 rings (SSSR count). The number of aromatic nitrogens is 3. The minimum absolute atomic E-state index is 0.0984. The van der Waals surface area contributed by atoms with E-state index in [0.29, 0.717) is 23.2 Å². The van der Waals surface area contributed by atoms with Gasteiger partial charge in [0.05, 0.1) is 5.75 Å². The van der Waals surface area contributed by atoms with E-state index >= 15 is 0 Å². The Morgan fingerprint density at radius 1 is 1.03 bits per heavy atom. The number of benzene rings is 2. The van der Waals surface area contributed by atoms with Gasteiger partial charge in [0.2, 0.25) is 11.8 Å². The van der Waals surface area contributed by atoms with Crippen LogP contribution in [0, 0.1) is 6.92 Å². The Labute approximate surface area is 173 Å². The highest BCUT2D eigenvalue weighted by Crippen LogP contribution is 2.26. The molecule has 2 N–H and O–H groups in total. The number of amides is 2. The number of nitrogens with zero attached hydrogens (tertiary/aromatic N) is 3. The monoisotopic (exact) mass is 409 g/mol. The summed E-state index contributed by atoms with van der Waals surface area (Å²) in [6.45, 7) is 6.13. The zero-order valence-corrected chi connectivity index (χ0v) is 17.4. The Bertz CT molecular complexity index is 1010. The van der Waals surface area contributed by atoms with Crippen LogP contribution in [0.3, 0.4) is 0 Å². The molecule has 0 saturated carbocycles. The van der Waals surface area contributed by atoms with Crippen molar-refractivity contribution in [1.29, 1.82) is 0 Å². The molecule has 2 aromatic carbocycles. The van der Waals surface area contributed by atoms with Gasteiger partial charge in [-0.3, -0.25) is 9.59 Å². The van der Waals surface area contributed by atoms with Gasteiger partial charge in [0.15, 0.2) is 11.0 Å². The lowest BCUT2D eigenvalue weighted by molar-refractivity contribution is -0.114. The minimum atomic E-state index is -0.130. The van der Waals surface area contributed by atoms with E-state index in [1.165, 1.54) is 18.7 Å². The second kappa shape index (κ2) is 9.38. The van der Waals surface area contributed by atoms with Crippen molar-refractivity contribution in [3.05, 3.63) is 54.1 Å². The summed E-state index contributed by atoms with van der Waals surface area (Å²) in [5.74, 6) is 0.701. The van der Waals surface area contributed by atoms with Crippen LogP contribution in [0.4, 0.5) is 11.4 Å². The molecule has 1 heterocycles. The summed E-state index contributed by atoms with van der Waals surface area (Å²) < 4.78 is 1.96. The lowest BCUT2D eigenvalue weighted by atomic mass is 10.2. The molecule has 0 spiro atoms. The second-order valence-electron chi connectivity index (χ2n) is 6.52. The van der Waals surface area contributed by atoms with Gasteiger partial charge in [0.1, 0.15) is 0 Å². The predicted molar refractivity (Wildman–Crippen MR) is 116 cm³/mol. The number of aryl methyl sites for hydroxylation is 1. The molecule has 2 amide bonds. The number of hydrogen-bond donors (Lipinski definition) is 2. The van der Waals surface area contributed by atoms with Crippen LogP contribution >= 0.6 is 11.8 Å². The average Bonchev–Trinajstić information content (AvgIpc) is 3.11. The lowest BCUT2D eigenvalue weighted by Crippen LogP contribution is -2.14. The molecular formula is C21H23N5O2S. The normalized spacial score (nSPS) is 10.6. The van der Waals surface area contributed by atoms with Gasteiger partial charge in [-0.25, -0.2) is 0 Å². The number of rotatable bonds is 7. The summed E-state index contributed by atoms with van der Waals surface area (Å²) in [5, 5.41) is 14.9. The first-order valence-electron chi connectivity index (χ1n) is 9.27. The number of anilines is 2. The first kappa shape index (κ1) is 20.6. The number of nitrogens with one attached hydrogen (secondary N) is 2. The summed E-state index contributed by atoms with van der Waals surface area (Å²) in [5.41, 5.74) is 3.46. The maximum atomic E-state index is 12.3. The number of carbonyl (C=O) groups excluding carboxylic acids is 2. The maximum absolute atomic E-state index is 12.3. The summed E-state index contributed by atoms with van der Waals surface area (Å²) in [6, 6.07) is 15.1. The molecule has 0 unspecified atom stereocenters. The van der Waals surface area contributed by atoms with E-state index < -0.39 is 0 Å². The molecule has 3 aromatic rings. The predicted octanol–water partition coefficient (Wildman–Crippen LogP) is 3.96. The maximum Gasteiger partial charge on any atom is 0.234 e. The van der Waals surface area contributed by atoms with Crippen LogP contribution in [0.15, 0.2) is 53.7 Å². The Balaban J connectivity index is 1.70. The van der Waals surface area contributed by atoms with Crippen molar-refractivity contribution in [3.8, 4) is 11.4 Å². The van der Waals surface area contributed by atoms with Crippen LogP contribution in [0.1, 0.15) is 19.4 Å². The van der Waals surface area contributed by atoms with E-state index in [4.69, 9.17) is 0 Å². The van der Waals surface area contributed by atoms with Gasteiger partial charge < -0.3 is 15.2 Å². The van der Waals surface area contributed by atoms with Crippen LogP contribution in [0.2, 0.25) is 0 Å². The molecule has 0 bridgehead atoms. The highest BCUT2D eigenvalue weighted by atomic mass is 32.2. The van der Waals surface area contributed by atoms with Crippen molar-refractivity contribution in [2.75, 3.05) is 16.4 Å². The van der Waals surface area contributed by atoms with Crippen LogP contribution in [0.5, 0.6) is 0 Å². The largest absolute Gasteiger partial charge is 0.326 e. The lowest BCUT2D eigenvalue weighted by Gasteiger charge is -2.09. The number of carbonyl (C=O) groups is 2. The van der Waals surface area contributed by atoms with Gasteiger partial charge in [-0.2, -0.15) is 0 Å². The van der Waals surface area contributed by atoms with Crippen LogP contribution in [-0.2, 0) is 16.1 Å². The highest BCUT2D eigenvalue weighted by molar-refractivity contribution is 7.99. The number of thioether (sulfide) groups is 1. The molecule has 0 aliphatic carbocycles. The van der Waals surface area contributed by atoms with Gasteiger partial charge in [-0.05, 0) is 38.1 Å². The van der Waals surface area contributed by atoms with Gasteiger partial charge >= 0.3 is 0 Å². The Morgan fingerprint density at radius 3 is 2.48 bits per heavy atom. The topological polar surface area (TPSA) is 88.9 Å². The molecule has 29 heavy (non-hydrogen) atoms. The quantitative estimate of drug-likeness (QED) is 0.577. The van der Waals surface area contributed by atoms with Crippen molar-refractivity contribution in [3.63, 3.8) is 0 Å². The van der Waals surface area contributed by atoms with E-state index in [0.717, 1.165) is 16.8 Å². The summed E-state index contributed by atoms with van der Waals surface area (Å²) >= 11 is 1.34. The molecule has 150 valence electrons. The van der Waals surface area contributed by atoms with Gasteiger partial charge in [0, 0.05) is 30.4 Å². The van der Waals surface area contributed by atoms with E-state index in [2.05, 4.69) is 20.8 Å². The van der Waals surface area contributed by atoms with E-state index in [1.54, 1.807) is 0 Å². The molecule has 0 saturated heterocycles. The smallest absolute Gasteiger partial charge is 0.234 e. The molecule has 0 atom stereocenters. The van der Waals surface area contributed by atoms with Crippen molar-refractivity contribution < 1.29 is 9.59 Å². The molecule has 1 aromatic heterocycles. The molecule has 7 nitrogen and oxygen atoms in total. The van der Waals surface area contributed by atoms with Gasteiger partial charge in [0.25, 0.3) is 0 Å². The third kappa shape index (κ3) is 5.45. The molecule has 0 radical (unpaired) electrons. The fraction of sp³-hybridized carbons (Fsp3) is 0.238. The van der Waals surface area contributed by atoms with Crippen LogP contribution < -0.4 is 10.6 Å². The second-order valence-corrected chi connectivity index (χ2v) is 7.46. The van der Waals surface area contributed by atoms with Crippen molar-refractivity contribution in [2.24, 2.45) is 0 Å². The summed E-state index contributed by atoms with van der Waals surface area (Å²) in [6.07, 6.45) is 0. The van der Waals surface area contributed by atoms with E-state index in [-0.39, 0.29) is 17.6 Å². The van der Waals surface area contributed by atoms with Crippen LogP contribution in [-0.4, -0.2) is 32.3 Å². The zero-order valence-electron chi connectivity index (χ0n) is 16.6. The first-order chi connectivity index (χ1) is 14.0. The van der Waals surface area contributed by atoms with Crippen LogP contribution in [0.25, 0.3) is 11.4 Å². The first-order valence-corrected chi connectivity index (χ1v) is 10.3. The average molecular weight is 410 g/mol. The Morgan fingerprint density at radius 2 is 1.79 bits per heavy atom. The Hall–Kier alpha value is -3.13. The standard InChI is InChI=1S/C21H23N5O2S/c1-4-26-20(16-6-5-7-18(12-16)22-15(3)27)24-25-21(26)29-13-19(28)23-17-10-8-14(2)9-11-17/h5-12H,4,13H2,1-3H3,(H,22,27)(H,23,28). The van der Waals surface area contributed by atoms with Gasteiger partial charge in [-0.15, -0.1) is 10.2 Å². The molecule has 0 aliphatic heterocycles. The Kier molecular flexibility index (Phi) is 6.66.